The van der Waals surface area contributed by atoms with Gasteiger partial charge in [-0.15, -0.1) is 6.58 Å². The molecule has 1 aliphatic rings. The van der Waals surface area contributed by atoms with Crippen molar-refractivity contribution in [1.82, 2.24) is 9.55 Å². The average molecular weight is 389 g/mol. The highest BCUT2D eigenvalue weighted by atomic mass is 32.1. The average Bonchev–Trinajstić information content (AvgIpc) is 3.01. The van der Waals surface area contributed by atoms with Crippen LogP contribution in [0.25, 0.3) is 0 Å². The first-order valence-electron chi connectivity index (χ1n) is 7.76. The van der Waals surface area contributed by atoms with Crippen LogP contribution in [0.4, 0.5) is 0 Å². The summed E-state index contributed by atoms with van der Waals surface area (Å²) in [4.78, 5) is 35.1. The van der Waals surface area contributed by atoms with Gasteiger partial charge in [0.1, 0.15) is 25.6 Å². The lowest BCUT2D eigenvalue weighted by atomic mass is 10.2. The van der Waals surface area contributed by atoms with Crippen molar-refractivity contribution in [2.75, 3.05) is 13.3 Å². The summed E-state index contributed by atoms with van der Waals surface area (Å²) in [7, 11) is -2.96. The van der Waals surface area contributed by atoms with Crippen molar-refractivity contribution < 1.29 is 23.5 Å². The van der Waals surface area contributed by atoms with Crippen molar-refractivity contribution in [2.24, 2.45) is 0 Å². The third-order valence-electron chi connectivity index (χ3n) is 3.71. The fourth-order valence-corrected chi connectivity index (χ4v) is 3.89. The summed E-state index contributed by atoms with van der Waals surface area (Å²) in [5.41, 5.74) is -0.541. The maximum Gasteiger partial charge on any atom is 0.406 e. The Morgan fingerprint density at radius 1 is 1.64 bits per heavy atom. The van der Waals surface area contributed by atoms with E-state index >= 15 is 0 Å². The fourth-order valence-electron chi connectivity index (χ4n) is 2.42. The Morgan fingerprint density at radius 2 is 2.36 bits per heavy atom. The summed E-state index contributed by atoms with van der Waals surface area (Å²) in [6, 6.07) is 0. The highest BCUT2D eigenvalue weighted by molar-refractivity contribution is 7.71. The monoisotopic (exact) mass is 389 g/mol. The van der Waals surface area contributed by atoms with Gasteiger partial charge in [-0.3, -0.25) is 19.1 Å². The third kappa shape index (κ3) is 5.37. The van der Waals surface area contributed by atoms with Crippen molar-refractivity contribution in [3.05, 3.63) is 39.5 Å². The number of aldehydes is 1. The van der Waals surface area contributed by atoms with E-state index in [0.717, 1.165) is 0 Å². The molecule has 10 heteroatoms. The van der Waals surface area contributed by atoms with E-state index in [4.69, 9.17) is 26.0 Å². The number of hydrogen-bond donors (Lipinski definition) is 2. The zero-order valence-corrected chi connectivity index (χ0v) is 15.8. The maximum atomic E-state index is 11.6. The zero-order valence-electron chi connectivity index (χ0n) is 14.1. The van der Waals surface area contributed by atoms with Crippen LogP contribution in [-0.2, 0) is 13.8 Å². The van der Waals surface area contributed by atoms with Gasteiger partial charge in [0, 0.05) is 6.20 Å². The number of rotatable bonds is 8. The number of carbonyl (C=O) groups is 1. The molecule has 138 valence electrons. The molecule has 4 atom stereocenters. The molecule has 1 aromatic heterocycles. The van der Waals surface area contributed by atoms with Gasteiger partial charge in [0.25, 0.3) is 5.56 Å². The molecule has 2 N–H and O–H groups in total. The van der Waals surface area contributed by atoms with Crippen molar-refractivity contribution in [3.8, 4) is 0 Å². The molecule has 0 radical (unpaired) electrons. The zero-order chi connectivity index (χ0) is 18.6. The number of carbonyl (C=O) groups excluding carboxylic acids is 1. The van der Waals surface area contributed by atoms with Crippen LogP contribution >= 0.6 is 20.2 Å². The van der Waals surface area contributed by atoms with Crippen LogP contribution in [0.1, 0.15) is 36.4 Å². The molecule has 2 heterocycles. The van der Waals surface area contributed by atoms with E-state index in [2.05, 4.69) is 11.6 Å². The lowest BCUT2D eigenvalue weighted by Crippen LogP contribution is -2.22. The summed E-state index contributed by atoms with van der Waals surface area (Å²) in [6.45, 7) is 7.03. The summed E-state index contributed by atoms with van der Waals surface area (Å²) < 4.78 is 18.5. The van der Waals surface area contributed by atoms with Gasteiger partial charge in [0.05, 0.1) is 11.7 Å². The van der Waals surface area contributed by atoms with E-state index in [1.807, 2.05) is 0 Å². The predicted molar refractivity (Wildman–Crippen MR) is 96.2 cm³/mol. The van der Waals surface area contributed by atoms with Crippen LogP contribution < -0.4 is 5.56 Å². The predicted octanol–water partition coefficient (Wildman–Crippen LogP) is 2.39. The Bertz CT molecular complexity index is 746. The Hall–Kier alpha value is -1.22. The first-order valence-corrected chi connectivity index (χ1v) is 10.2. The number of aromatic nitrogens is 2. The van der Waals surface area contributed by atoms with Crippen LogP contribution in [-0.4, -0.2) is 46.2 Å². The van der Waals surface area contributed by atoms with Crippen LogP contribution in [0.5, 0.6) is 0 Å². The topological polar surface area (TPSA) is 103 Å². The van der Waals surface area contributed by atoms with Gasteiger partial charge in [0.15, 0.2) is 11.1 Å². The van der Waals surface area contributed by atoms with Crippen LogP contribution in [0.3, 0.4) is 0 Å². The number of hydrogen-bond acceptors (Lipinski definition) is 7. The Morgan fingerprint density at radius 3 is 3.00 bits per heavy atom. The first-order chi connectivity index (χ1) is 11.8. The van der Waals surface area contributed by atoms with E-state index in [-0.39, 0.29) is 29.1 Å². The molecule has 0 saturated carbocycles. The van der Waals surface area contributed by atoms with Gasteiger partial charge < -0.3 is 4.74 Å². The molecular weight excluding hydrogens is 367 g/mol. The van der Waals surface area contributed by atoms with Crippen LogP contribution in [0.2, 0.25) is 0 Å². The number of aromatic amines is 1. The smallest absolute Gasteiger partial charge is 0.352 e. The van der Waals surface area contributed by atoms with Gasteiger partial charge in [-0.2, -0.15) is 13.9 Å². The molecule has 4 unspecified atom stereocenters. The summed E-state index contributed by atoms with van der Waals surface area (Å²) in [5.74, 6) is 0. The van der Waals surface area contributed by atoms with E-state index in [0.29, 0.717) is 19.1 Å². The molecule has 0 aliphatic carbocycles. The van der Waals surface area contributed by atoms with Crippen molar-refractivity contribution in [3.63, 3.8) is 0 Å². The largest absolute Gasteiger partial charge is 0.406 e. The Labute approximate surface area is 151 Å². The lowest BCUT2D eigenvalue weighted by Gasteiger charge is -2.19. The van der Waals surface area contributed by atoms with E-state index in [1.165, 1.54) is 12.9 Å². The molecule has 2 rings (SSSR count). The Balaban J connectivity index is 1.98. The van der Waals surface area contributed by atoms with Gasteiger partial charge >= 0.3 is 7.94 Å². The van der Waals surface area contributed by atoms with E-state index in [9.17, 15) is 14.5 Å². The number of nitrogens with zero attached hydrogens (tertiary/aromatic N) is 1. The normalized spacial score (nSPS) is 23.8. The minimum absolute atomic E-state index is 0.0161. The van der Waals surface area contributed by atoms with E-state index in [1.54, 1.807) is 17.6 Å². The number of ether oxygens (including phenoxy) is 1. The molecule has 1 aromatic rings. The van der Waals surface area contributed by atoms with Crippen LogP contribution in [0.15, 0.2) is 23.6 Å². The molecule has 0 aromatic carbocycles. The van der Waals surface area contributed by atoms with Gasteiger partial charge in [0.2, 0.25) is 0 Å². The molecule has 0 bridgehead atoms. The SMILES string of the molecule is C=CC(C)O[P+](C)(O)OCC1CCC(n2cc(C=O)c(=O)[nH]c2=S)O1. The summed E-state index contributed by atoms with van der Waals surface area (Å²) in [5, 5.41) is 0. The summed E-state index contributed by atoms with van der Waals surface area (Å²) >= 11 is 5.12. The molecule has 1 saturated heterocycles. The quantitative estimate of drug-likeness (QED) is 0.305. The summed E-state index contributed by atoms with van der Waals surface area (Å²) in [6.07, 6.45) is 3.76. The van der Waals surface area contributed by atoms with Crippen molar-refractivity contribution >= 4 is 26.4 Å². The Kier molecular flexibility index (Phi) is 6.79. The second kappa shape index (κ2) is 8.44. The molecule has 8 nitrogen and oxygen atoms in total. The third-order valence-corrected chi connectivity index (χ3v) is 5.38. The molecular formula is C15H22N2O6PS+. The van der Waals surface area contributed by atoms with E-state index < -0.39 is 19.7 Å². The second-order valence-electron chi connectivity index (χ2n) is 5.80. The van der Waals surface area contributed by atoms with Crippen molar-refractivity contribution in [1.29, 1.82) is 0 Å². The van der Waals surface area contributed by atoms with Gasteiger partial charge in [-0.25, -0.2) is 0 Å². The second-order valence-corrected chi connectivity index (χ2v) is 8.27. The first kappa shape index (κ1) is 20.1. The van der Waals surface area contributed by atoms with Gasteiger partial charge in [-0.1, -0.05) is 6.08 Å². The number of nitrogens with one attached hydrogen (secondary N) is 1. The molecule has 1 fully saturated rings. The minimum Gasteiger partial charge on any atom is -0.352 e. The standard InChI is InChI=1S/C15H21N2O6PS/c1-4-10(2)23-24(3,20)21-9-12-5-6-13(22-12)17-7-11(8-18)14(19)16-15(17)25/h4,7-8,10,12-13,20H,1,5-6,9H2,2-3H3/p+1. The molecule has 0 amide bonds. The van der Waals surface area contributed by atoms with Crippen LogP contribution in [0, 0.1) is 4.77 Å². The number of H-pyrrole nitrogens is 1. The van der Waals surface area contributed by atoms with Gasteiger partial charge in [-0.05, 0) is 32.0 Å². The maximum absolute atomic E-state index is 11.6. The molecule has 0 spiro atoms. The van der Waals surface area contributed by atoms with Crippen molar-refractivity contribution in [2.45, 2.75) is 38.2 Å². The molecule has 1 aliphatic heterocycles. The lowest BCUT2D eigenvalue weighted by molar-refractivity contribution is -0.0239. The molecule has 25 heavy (non-hydrogen) atoms. The minimum atomic E-state index is -2.96. The highest BCUT2D eigenvalue weighted by Gasteiger charge is 2.38. The fraction of sp³-hybridized carbons (Fsp3) is 0.533. The highest BCUT2D eigenvalue weighted by Crippen LogP contribution is 2.54.